The second kappa shape index (κ2) is 4.42. The highest BCUT2D eigenvalue weighted by molar-refractivity contribution is 5.55. The third kappa shape index (κ3) is 1.59. The number of hydrogen-bond donors (Lipinski definition) is 1. The molecule has 3 heteroatoms. The molecule has 0 radical (unpaired) electrons. The van der Waals surface area contributed by atoms with Crippen molar-refractivity contribution < 1.29 is 5.11 Å². The smallest absolute Gasteiger partial charge is 0.154 e. The van der Waals surface area contributed by atoms with Crippen molar-refractivity contribution in [2.75, 3.05) is 4.90 Å². The van der Waals surface area contributed by atoms with Gasteiger partial charge in [-0.3, -0.25) is 4.98 Å². The maximum atomic E-state index is 10.5. The van der Waals surface area contributed by atoms with Gasteiger partial charge >= 0.3 is 0 Å². The number of anilines is 1. The molecule has 1 N–H and O–H groups in total. The van der Waals surface area contributed by atoms with Crippen LogP contribution in [-0.4, -0.2) is 10.1 Å². The summed E-state index contributed by atoms with van der Waals surface area (Å²) in [6.45, 7) is 2.15. The van der Waals surface area contributed by atoms with E-state index < -0.39 is 6.23 Å². The van der Waals surface area contributed by atoms with Gasteiger partial charge in [-0.25, -0.2) is 0 Å². The largest absolute Gasteiger partial charge is 0.369 e. The number of aliphatic hydroxyl groups is 1. The second-order valence-corrected chi connectivity index (χ2v) is 4.54. The van der Waals surface area contributed by atoms with Gasteiger partial charge in [-0.15, -0.1) is 0 Å². The van der Waals surface area contributed by atoms with E-state index in [4.69, 9.17) is 0 Å². The maximum Gasteiger partial charge on any atom is 0.154 e. The van der Waals surface area contributed by atoms with Crippen molar-refractivity contribution in [2.45, 2.75) is 25.6 Å². The Morgan fingerprint density at radius 3 is 2.44 bits per heavy atom. The Balaban J connectivity index is 2.08. The van der Waals surface area contributed by atoms with E-state index >= 15 is 0 Å². The van der Waals surface area contributed by atoms with E-state index in [-0.39, 0.29) is 6.04 Å². The minimum atomic E-state index is -0.562. The summed E-state index contributed by atoms with van der Waals surface area (Å²) in [5.41, 5.74) is 3.26. The molecule has 2 aromatic rings. The Bertz CT molecular complexity index is 541. The predicted molar refractivity (Wildman–Crippen MR) is 71.1 cm³/mol. The number of aliphatic hydroxyl groups excluding tert-OH is 1. The number of nitrogens with zero attached hydrogens (tertiary/aromatic N) is 2. The van der Waals surface area contributed by atoms with Crippen LogP contribution in [0.4, 0.5) is 5.69 Å². The molecule has 3 nitrogen and oxygen atoms in total. The lowest BCUT2D eigenvalue weighted by Gasteiger charge is -2.29. The summed E-state index contributed by atoms with van der Waals surface area (Å²) in [4.78, 5) is 6.10. The van der Waals surface area contributed by atoms with Crippen molar-refractivity contribution in [3.05, 3.63) is 59.9 Å². The van der Waals surface area contributed by atoms with Crippen LogP contribution in [0.1, 0.15) is 36.7 Å². The molecule has 2 atom stereocenters. The molecule has 0 saturated carbocycles. The van der Waals surface area contributed by atoms with E-state index in [0.717, 1.165) is 17.7 Å². The first-order valence-electron chi connectivity index (χ1n) is 6.28. The SMILES string of the molecule is CCC1c2ccccc2C(O)N1c1ccncc1. The normalized spacial score (nSPS) is 22.0. The van der Waals surface area contributed by atoms with Gasteiger partial charge in [0.05, 0.1) is 6.04 Å². The fourth-order valence-corrected chi connectivity index (χ4v) is 2.77. The molecular weight excluding hydrogens is 224 g/mol. The predicted octanol–water partition coefficient (Wildman–Crippen LogP) is 3.04. The van der Waals surface area contributed by atoms with Crippen LogP contribution < -0.4 is 4.90 Å². The van der Waals surface area contributed by atoms with E-state index in [1.165, 1.54) is 5.56 Å². The van der Waals surface area contributed by atoms with Crippen LogP contribution in [0, 0.1) is 0 Å². The quantitative estimate of drug-likeness (QED) is 0.876. The van der Waals surface area contributed by atoms with E-state index in [1.807, 2.05) is 30.3 Å². The lowest BCUT2D eigenvalue weighted by atomic mass is 10.0. The monoisotopic (exact) mass is 240 g/mol. The van der Waals surface area contributed by atoms with Gasteiger partial charge in [-0.2, -0.15) is 0 Å². The molecule has 92 valence electrons. The van der Waals surface area contributed by atoms with E-state index in [0.29, 0.717) is 0 Å². The summed E-state index contributed by atoms with van der Waals surface area (Å²) >= 11 is 0. The molecule has 0 amide bonds. The number of pyridine rings is 1. The molecule has 2 unspecified atom stereocenters. The highest BCUT2D eigenvalue weighted by Gasteiger charge is 2.35. The highest BCUT2D eigenvalue weighted by atomic mass is 16.3. The topological polar surface area (TPSA) is 36.4 Å². The standard InChI is InChI=1S/C15H16N2O/c1-2-14-12-5-3-4-6-13(12)15(18)17(14)11-7-9-16-10-8-11/h3-10,14-15,18H,2H2,1H3. The summed E-state index contributed by atoms with van der Waals surface area (Å²) < 4.78 is 0. The van der Waals surface area contributed by atoms with Gasteiger partial charge < -0.3 is 10.0 Å². The van der Waals surface area contributed by atoms with Crippen molar-refractivity contribution in [1.29, 1.82) is 0 Å². The third-order valence-electron chi connectivity index (χ3n) is 3.58. The van der Waals surface area contributed by atoms with E-state index in [1.54, 1.807) is 12.4 Å². The Kier molecular flexibility index (Phi) is 2.76. The molecule has 0 saturated heterocycles. The Morgan fingerprint density at radius 2 is 1.78 bits per heavy atom. The summed E-state index contributed by atoms with van der Waals surface area (Å²) in [5.74, 6) is 0. The molecule has 1 aliphatic rings. The highest BCUT2D eigenvalue weighted by Crippen LogP contribution is 2.44. The molecule has 3 rings (SSSR count). The van der Waals surface area contributed by atoms with Gasteiger partial charge in [-0.05, 0) is 24.1 Å². The van der Waals surface area contributed by atoms with Gasteiger partial charge in [0, 0.05) is 23.6 Å². The molecule has 0 spiro atoms. The first kappa shape index (κ1) is 11.2. The van der Waals surface area contributed by atoms with Crippen LogP contribution in [0.5, 0.6) is 0 Å². The summed E-state index contributed by atoms with van der Waals surface area (Å²) in [7, 11) is 0. The minimum Gasteiger partial charge on any atom is -0.369 e. The van der Waals surface area contributed by atoms with Gasteiger partial charge in [0.25, 0.3) is 0 Å². The van der Waals surface area contributed by atoms with E-state index in [9.17, 15) is 5.11 Å². The van der Waals surface area contributed by atoms with Crippen molar-refractivity contribution in [3.8, 4) is 0 Å². The Hall–Kier alpha value is -1.87. The zero-order valence-electron chi connectivity index (χ0n) is 10.3. The van der Waals surface area contributed by atoms with Crippen LogP contribution >= 0.6 is 0 Å². The van der Waals surface area contributed by atoms with Crippen molar-refractivity contribution >= 4 is 5.69 Å². The average molecular weight is 240 g/mol. The fraction of sp³-hybridized carbons (Fsp3) is 0.267. The van der Waals surface area contributed by atoms with Gasteiger partial charge in [0.2, 0.25) is 0 Å². The minimum absolute atomic E-state index is 0.235. The Labute approximate surface area is 107 Å². The zero-order valence-corrected chi connectivity index (χ0v) is 10.3. The molecule has 0 aliphatic carbocycles. The molecule has 0 fully saturated rings. The summed E-state index contributed by atoms with van der Waals surface area (Å²) in [6.07, 6.45) is 3.93. The first-order valence-corrected chi connectivity index (χ1v) is 6.28. The average Bonchev–Trinajstić information content (AvgIpc) is 2.73. The van der Waals surface area contributed by atoms with Crippen LogP contribution in [0.25, 0.3) is 0 Å². The lowest BCUT2D eigenvalue weighted by Crippen LogP contribution is -2.25. The molecule has 2 heterocycles. The van der Waals surface area contributed by atoms with Crippen LogP contribution in [0.3, 0.4) is 0 Å². The molecule has 1 aromatic heterocycles. The fourth-order valence-electron chi connectivity index (χ4n) is 2.77. The molecule has 18 heavy (non-hydrogen) atoms. The number of fused-ring (bicyclic) bond motifs is 1. The van der Waals surface area contributed by atoms with Crippen molar-refractivity contribution in [2.24, 2.45) is 0 Å². The first-order chi connectivity index (χ1) is 8.83. The molecule has 0 bridgehead atoms. The lowest BCUT2D eigenvalue weighted by molar-refractivity contribution is 0.174. The van der Waals surface area contributed by atoms with Crippen molar-refractivity contribution in [3.63, 3.8) is 0 Å². The summed E-state index contributed by atoms with van der Waals surface area (Å²) in [6, 6.07) is 12.2. The van der Waals surface area contributed by atoms with E-state index in [2.05, 4.69) is 22.9 Å². The molecular formula is C15H16N2O. The third-order valence-corrected chi connectivity index (χ3v) is 3.58. The van der Waals surface area contributed by atoms with Gasteiger partial charge in [0.1, 0.15) is 0 Å². The van der Waals surface area contributed by atoms with Crippen molar-refractivity contribution in [1.82, 2.24) is 4.98 Å². The van der Waals surface area contributed by atoms with Crippen LogP contribution in [0.15, 0.2) is 48.8 Å². The maximum absolute atomic E-state index is 10.5. The number of aromatic nitrogens is 1. The summed E-state index contributed by atoms with van der Waals surface area (Å²) in [5, 5.41) is 10.5. The Morgan fingerprint density at radius 1 is 1.11 bits per heavy atom. The number of rotatable bonds is 2. The second-order valence-electron chi connectivity index (χ2n) is 4.54. The van der Waals surface area contributed by atoms with Gasteiger partial charge in [0.15, 0.2) is 6.23 Å². The molecule has 1 aliphatic heterocycles. The zero-order chi connectivity index (χ0) is 12.5. The van der Waals surface area contributed by atoms with Crippen LogP contribution in [0.2, 0.25) is 0 Å². The number of benzene rings is 1. The van der Waals surface area contributed by atoms with Gasteiger partial charge in [-0.1, -0.05) is 31.2 Å². The molecule has 1 aromatic carbocycles. The number of hydrogen-bond acceptors (Lipinski definition) is 3. The van der Waals surface area contributed by atoms with Crippen LogP contribution in [-0.2, 0) is 0 Å².